The number of hydrogen-bond acceptors (Lipinski definition) is 4. The number of rotatable bonds is 1. The Bertz CT molecular complexity index is 852. The largest absolute Gasteiger partial charge is 0.328 e. The summed E-state index contributed by atoms with van der Waals surface area (Å²) in [4.78, 5) is 35.9. The van der Waals surface area contributed by atoms with Crippen molar-refractivity contribution in [3.05, 3.63) is 22.0 Å². The Morgan fingerprint density at radius 2 is 1.95 bits per heavy atom. The average molecular weight is 319 g/mol. The molecular formula is C15H15ClN4O2. The van der Waals surface area contributed by atoms with Crippen molar-refractivity contribution in [2.75, 3.05) is 0 Å². The molecule has 0 amide bonds. The van der Waals surface area contributed by atoms with Gasteiger partial charge in [-0.1, -0.05) is 0 Å². The molecule has 4 aliphatic carbocycles. The number of halogens is 1. The van der Waals surface area contributed by atoms with Crippen LogP contribution >= 0.6 is 11.6 Å². The minimum atomic E-state index is -0.280. The second-order valence-corrected chi connectivity index (χ2v) is 7.45. The Balaban J connectivity index is 1.75. The zero-order chi connectivity index (χ0) is 15.1. The fourth-order valence-electron chi connectivity index (χ4n) is 5.30. The summed E-state index contributed by atoms with van der Waals surface area (Å²) in [6, 6.07) is 0. The first kappa shape index (κ1) is 12.8. The number of carbonyl (C=O) groups is 1. The van der Waals surface area contributed by atoms with Crippen LogP contribution in [0.3, 0.4) is 0 Å². The fraction of sp³-hybridized carbons (Fsp3) is 0.600. The van der Waals surface area contributed by atoms with Crippen molar-refractivity contribution >= 4 is 28.5 Å². The van der Waals surface area contributed by atoms with E-state index in [-0.39, 0.29) is 28.3 Å². The lowest BCUT2D eigenvalue weighted by atomic mass is 9.52. The van der Waals surface area contributed by atoms with E-state index in [1.54, 1.807) is 10.8 Å². The van der Waals surface area contributed by atoms with Gasteiger partial charge < -0.3 is 4.98 Å². The minimum absolute atomic E-state index is 0.111. The zero-order valence-corrected chi connectivity index (χ0v) is 12.6. The van der Waals surface area contributed by atoms with Crippen LogP contribution in [0.15, 0.2) is 11.0 Å². The number of nitrogens with one attached hydrogen (secondary N) is 1. The average Bonchev–Trinajstić information content (AvgIpc) is 2.79. The number of ketones is 1. The van der Waals surface area contributed by atoms with Crippen LogP contribution < -0.4 is 5.69 Å². The SMILES string of the molecule is O=C1C2CC3CC1CC(n1c(=O)[nH]c4cnc(Cl)nc41)(C3)C2. The molecule has 7 heteroatoms. The van der Waals surface area contributed by atoms with Gasteiger partial charge >= 0.3 is 5.69 Å². The standard InChI is InChI=1S/C15H15ClN4O2/c16-13-17-6-10-12(19-13)20(14(22)18-10)15-3-7-1-8(4-15)11(21)9(2-7)5-15/h6-9H,1-5H2,(H,18,22). The van der Waals surface area contributed by atoms with Crippen LogP contribution in [0.25, 0.3) is 11.2 Å². The lowest BCUT2D eigenvalue weighted by molar-refractivity contribution is -0.145. The van der Waals surface area contributed by atoms with Crippen molar-refractivity contribution in [2.24, 2.45) is 17.8 Å². The summed E-state index contributed by atoms with van der Waals surface area (Å²) in [5.74, 6) is 1.18. The third-order valence-electron chi connectivity index (χ3n) is 5.83. The van der Waals surface area contributed by atoms with Gasteiger partial charge in [-0.15, -0.1) is 0 Å². The molecule has 2 atom stereocenters. The zero-order valence-electron chi connectivity index (χ0n) is 11.9. The lowest BCUT2D eigenvalue weighted by Crippen LogP contribution is -2.57. The van der Waals surface area contributed by atoms with Crippen LogP contribution in [0, 0.1) is 17.8 Å². The molecule has 4 bridgehead atoms. The van der Waals surface area contributed by atoms with E-state index >= 15 is 0 Å². The van der Waals surface area contributed by atoms with Gasteiger partial charge in [-0.2, -0.15) is 4.98 Å². The van der Waals surface area contributed by atoms with Gasteiger partial charge in [0.05, 0.1) is 11.7 Å². The van der Waals surface area contributed by atoms with Crippen LogP contribution in [0.5, 0.6) is 0 Å². The van der Waals surface area contributed by atoms with Crippen molar-refractivity contribution in [1.82, 2.24) is 19.5 Å². The number of H-pyrrole nitrogens is 1. The van der Waals surface area contributed by atoms with E-state index in [1.807, 2.05) is 0 Å². The lowest BCUT2D eigenvalue weighted by Gasteiger charge is -2.55. The molecule has 6 nitrogen and oxygen atoms in total. The highest BCUT2D eigenvalue weighted by molar-refractivity contribution is 6.28. The van der Waals surface area contributed by atoms with Crippen molar-refractivity contribution in [2.45, 2.75) is 37.6 Å². The van der Waals surface area contributed by atoms with Gasteiger partial charge in [0.25, 0.3) is 0 Å². The van der Waals surface area contributed by atoms with Gasteiger partial charge in [0, 0.05) is 11.8 Å². The quantitative estimate of drug-likeness (QED) is 0.814. The monoisotopic (exact) mass is 318 g/mol. The molecule has 1 N–H and O–H groups in total. The molecule has 2 unspecified atom stereocenters. The topological polar surface area (TPSA) is 80.6 Å². The van der Waals surface area contributed by atoms with Crippen molar-refractivity contribution < 1.29 is 4.79 Å². The summed E-state index contributed by atoms with van der Waals surface area (Å²) in [6.07, 6.45) is 6.00. The van der Waals surface area contributed by atoms with E-state index in [9.17, 15) is 9.59 Å². The molecule has 4 aliphatic rings. The predicted molar refractivity (Wildman–Crippen MR) is 79.7 cm³/mol. The molecule has 0 spiro atoms. The molecule has 0 aliphatic heterocycles. The molecule has 4 saturated carbocycles. The molecule has 114 valence electrons. The van der Waals surface area contributed by atoms with E-state index in [2.05, 4.69) is 15.0 Å². The highest BCUT2D eigenvalue weighted by Crippen LogP contribution is 2.57. The van der Waals surface area contributed by atoms with Crippen molar-refractivity contribution in [3.8, 4) is 0 Å². The Labute approximate surface area is 130 Å². The number of aromatic nitrogens is 4. The minimum Gasteiger partial charge on any atom is -0.303 e. The highest BCUT2D eigenvalue weighted by Gasteiger charge is 2.56. The smallest absolute Gasteiger partial charge is 0.303 e. The van der Waals surface area contributed by atoms with E-state index in [0.29, 0.717) is 22.9 Å². The highest BCUT2D eigenvalue weighted by atomic mass is 35.5. The summed E-state index contributed by atoms with van der Waals surface area (Å²) >= 11 is 5.93. The van der Waals surface area contributed by atoms with E-state index in [4.69, 9.17) is 11.6 Å². The number of hydrogen-bond donors (Lipinski definition) is 1. The number of fused-ring (bicyclic) bond motifs is 1. The molecule has 2 aromatic heterocycles. The molecule has 0 radical (unpaired) electrons. The van der Waals surface area contributed by atoms with Gasteiger partial charge in [0.2, 0.25) is 5.28 Å². The van der Waals surface area contributed by atoms with Crippen LogP contribution in [0.4, 0.5) is 0 Å². The maximum atomic E-state index is 12.6. The first-order valence-electron chi connectivity index (χ1n) is 7.73. The van der Waals surface area contributed by atoms with Gasteiger partial charge in [0.15, 0.2) is 5.65 Å². The second kappa shape index (κ2) is 3.98. The fourth-order valence-corrected chi connectivity index (χ4v) is 5.43. The Hall–Kier alpha value is -1.69. The van der Waals surface area contributed by atoms with E-state index < -0.39 is 0 Å². The molecule has 4 fully saturated rings. The van der Waals surface area contributed by atoms with Gasteiger partial charge in [0.1, 0.15) is 11.3 Å². The molecule has 0 aromatic carbocycles. The number of aromatic amines is 1. The van der Waals surface area contributed by atoms with E-state index in [1.165, 1.54) is 0 Å². The maximum Gasteiger partial charge on any atom is 0.328 e. The Morgan fingerprint density at radius 3 is 2.68 bits per heavy atom. The van der Waals surface area contributed by atoms with Crippen LogP contribution in [-0.4, -0.2) is 25.3 Å². The van der Waals surface area contributed by atoms with Gasteiger partial charge in [-0.05, 0) is 49.6 Å². The molecule has 22 heavy (non-hydrogen) atoms. The number of carbonyl (C=O) groups excluding carboxylic acids is 1. The predicted octanol–water partition coefficient (Wildman–Crippen LogP) is 1.88. The summed E-state index contributed by atoms with van der Waals surface area (Å²) in [5, 5.41) is 0.140. The number of imidazole rings is 1. The van der Waals surface area contributed by atoms with Crippen LogP contribution in [0.1, 0.15) is 32.1 Å². The summed E-state index contributed by atoms with van der Waals surface area (Å²) in [7, 11) is 0. The Kier molecular flexibility index (Phi) is 2.32. The molecule has 0 saturated heterocycles. The summed E-state index contributed by atoms with van der Waals surface area (Å²) in [5.41, 5.74) is 0.731. The van der Waals surface area contributed by atoms with E-state index in [0.717, 1.165) is 32.1 Å². The first-order valence-corrected chi connectivity index (χ1v) is 8.11. The maximum absolute atomic E-state index is 12.6. The van der Waals surface area contributed by atoms with Gasteiger partial charge in [-0.25, -0.2) is 9.78 Å². The first-order chi connectivity index (χ1) is 10.6. The third-order valence-corrected chi connectivity index (χ3v) is 6.01. The molecule has 6 rings (SSSR count). The molecule has 2 aromatic rings. The van der Waals surface area contributed by atoms with Gasteiger partial charge in [-0.3, -0.25) is 9.36 Å². The number of Topliss-reactive ketones (excluding diaryl/α,β-unsaturated/α-hetero) is 1. The van der Waals surface area contributed by atoms with Crippen LogP contribution in [-0.2, 0) is 10.3 Å². The molecular weight excluding hydrogens is 304 g/mol. The number of nitrogens with zero attached hydrogens (tertiary/aromatic N) is 3. The summed E-state index contributed by atoms with van der Waals surface area (Å²) in [6.45, 7) is 0. The molecule has 2 heterocycles. The summed E-state index contributed by atoms with van der Waals surface area (Å²) < 4.78 is 1.77. The van der Waals surface area contributed by atoms with Crippen LogP contribution in [0.2, 0.25) is 5.28 Å². The van der Waals surface area contributed by atoms with Crippen molar-refractivity contribution in [1.29, 1.82) is 0 Å². The normalized spacial score (nSPS) is 36.4. The second-order valence-electron chi connectivity index (χ2n) is 7.11. The van der Waals surface area contributed by atoms with Crippen molar-refractivity contribution in [3.63, 3.8) is 0 Å². The third kappa shape index (κ3) is 1.51. The Morgan fingerprint density at radius 1 is 1.23 bits per heavy atom.